The van der Waals surface area contributed by atoms with E-state index in [4.69, 9.17) is 4.74 Å². The molecule has 1 unspecified atom stereocenters. The number of ketones is 1. The molecule has 0 spiro atoms. The van der Waals surface area contributed by atoms with Crippen molar-refractivity contribution in [2.24, 2.45) is 0 Å². The molecule has 0 amide bonds. The topological polar surface area (TPSA) is 92.9 Å². The van der Waals surface area contributed by atoms with Crippen LogP contribution in [0.2, 0.25) is 0 Å². The minimum absolute atomic E-state index is 0.0492. The number of fused-ring (bicyclic) bond motifs is 1. The molecule has 2 aliphatic rings. The largest absolute Gasteiger partial charge is 0.491 e. The zero-order valence-electron chi connectivity index (χ0n) is 12.7. The fraction of sp³-hybridized carbons (Fsp3) is 0.400. The van der Waals surface area contributed by atoms with Gasteiger partial charge in [0.05, 0.1) is 18.4 Å². The van der Waals surface area contributed by atoms with Crippen LogP contribution >= 0.6 is 0 Å². The lowest BCUT2D eigenvalue weighted by Crippen LogP contribution is -2.31. The fourth-order valence-corrected chi connectivity index (χ4v) is 2.80. The van der Waals surface area contributed by atoms with Crippen molar-refractivity contribution in [3.8, 4) is 5.75 Å². The quantitative estimate of drug-likeness (QED) is 0.648. The number of aliphatic hydroxyl groups excluding tert-OH is 1. The van der Waals surface area contributed by atoms with Crippen molar-refractivity contribution < 1.29 is 28.3 Å². The number of hydrogen-bond acceptors (Lipinski definition) is 6. The first kappa shape index (κ1) is 16.3. The zero-order valence-corrected chi connectivity index (χ0v) is 12.7. The highest BCUT2D eigenvalue weighted by Crippen LogP contribution is 2.48. The van der Waals surface area contributed by atoms with Gasteiger partial charge in [-0.15, -0.1) is 0 Å². The standard InChI is InChI=1S/C15H14F2N2O5/c1-24-15-12(17)10(16)4-8-13(15)18(7-2-3-7)5-9(14(8)21)11(20)6-19(22)23/h4-5,7,14,21H,2-3,6H2,1H3. The summed E-state index contributed by atoms with van der Waals surface area (Å²) in [5.41, 5.74) is -0.130. The molecule has 1 N–H and O–H groups in total. The summed E-state index contributed by atoms with van der Waals surface area (Å²) < 4.78 is 32.8. The second-order valence-corrected chi connectivity index (χ2v) is 5.68. The summed E-state index contributed by atoms with van der Waals surface area (Å²) in [4.78, 5) is 23.3. The van der Waals surface area contributed by atoms with Gasteiger partial charge in [-0.3, -0.25) is 14.9 Å². The van der Waals surface area contributed by atoms with Crippen molar-refractivity contribution in [3.63, 3.8) is 0 Å². The third-order valence-corrected chi connectivity index (χ3v) is 4.04. The Bertz CT molecular complexity index is 761. The average molecular weight is 340 g/mol. The number of rotatable bonds is 5. The molecule has 1 aliphatic carbocycles. The molecule has 1 saturated carbocycles. The van der Waals surface area contributed by atoms with Crippen molar-refractivity contribution in [1.29, 1.82) is 0 Å². The Labute approximate surface area is 135 Å². The summed E-state index contributed by atoms with van der Waals surface area (Å²) in [6.07, 6.45) is 1.19. The number of methoxy groups -OCH3 is 1. The van der Waals surface area contributed by atoms with E-state index in [1.165, 1.54) is 18.2 Å². The van der Waals surface area contributed by atoms with Crippen LogP contribution in [0.4, 0.5) is 14.5 Å². The van der Waals surface area contributed by atoms with E-state index < -0.39 is 35.0 Å². The molecule has 128 valence electrons. The second kappa shape index (κ2) is 5.82. The van der Waals surface area contributed by atoms with E-state index in [1.807, 2.05) is 0 Å². The van der Waals surface area contributed by atoms with Crippen molar-refractivity contribution in [2.45, 2.75) is 25.0 Å². The normalized spacial score (nSPS) is 19.6. The Morgan fingerprint density at radius 2 is 2.17 bits per heavy atom. The van der Waals surface area contributed by atoms with Crippen LogP contribution in [-0.4, -0.2) is 35.5 Å². The summed E-state index contributed by atoms with van der Waals surface area (Å²) in [6, 6.07) is 0.730. The highest BCUT2D eigenvalue weighted by atomic mass is 19.2. The highest BCUT2D eigenvalue weighted by Gasteiger charge is 2.40. The average Bonchev–Trinajstić information content (AvgIpc) is 3.34. The Hall–Kier alpha value is -2.55. The Morgan fingerprint density at radius 1 is 1.50 bits per heavy atom. The van der Waals surface area contributed by atoms with E-state index in [1.54, 1.807) is 0 Å². The Morgan fingerprint density at radius 3 is 2.71 bits per heavy atom. The van der Waals surface area contributed by atoms with Gasteiger partial charge in [-0.1, -0.05) is 0 Å². The van der Waals surface area contributed by atoms with Crippen LogP contribution in [0.15, 0.2) is 17.8 Å². The number of hydrogen-bond donors (Lipinski definition) is 1. The van der Waals surface area contributed by atoms with Gasteiger partial charge in [-0.2, -0.15) is 4.39 Å². The maximum atomic E-state index is 14.0. The number of benzene rings is 1. The third kappa shape index (κ3) is 2.60. The second-order valence-electron chi connectivity index (χ2n) is 5.68. The number of ether oxygens (including phenoxy) is 1. The smallest absolute Gasteiger partial charge is 0.265 e. The van der Waals surface area contributed by atoms with E-state index in [0.717, 1.165) is 18.9 Å². The molecule has 9 heteroatoms. The van der Waals surface area contributed by atoms with Crippen molar-refractivity contribution in [2.75, 3.05) is 18.6 Å². The van der Waals surface area contributed by atoms with Crippen LogP contribution in [0.3, 0.4) is 0 Å². The molecule has 1 aliphatic heterocycles. The van der Waals surface area contributed by atoms with Gasteiger partial charge in [0.25, 0.3) is 6.54 Å². The summed E-state index contributed by atoms with van der Waals surface area (Å²) in [6.45, 7) is -0.989. The van der Waals surface area contributed by atoms with Crippen LogP contribution in [0.25, 0.3) is 0 Å². The molecule has 0 aromatic heterocycles. The maximum Gasteiger partial charge on any atom is 0.265 e. The lowest BCUT2D eigenvalue weighted by atomic mass is 9.92. The highest BCUT2D eigenvalue weighted by molar-refractivity contribution is 5.99. The van der Waals surface area contributed by atoms with E-state index in [2.05, 4.69) is 0 Å². The summed E-state index contributed by atoms with van der Waals surface area (Å²) >= 11 is 0. The van der Waals surface area contributed by atoms with Crippen molar-refractivity contribution in [1.82, 2.24) is 0 Å². The summed E-state index contributed by atoms with van der Waals surface area (Å²) in [5.74, 6) is -3.67. The van der Waals surface area contributed by atoms with E-state index in [9.17, 15) is 28.8 Å². The number of Topliss-reactive ketones (excluding diaryl/α,β-unsaturated/α-hetero) is 1. The Balaban J connectivity index is 2.14. The van der Waals surface area contributed by atoms with Gasteiger partial charge in [-0.05, 0) is 18.9 Å². The number of aliphatic hydroxyl groups is 1. The minimum atomic E-state index is -1.59. The molecule has 1 atom stereocenters. The van der Waals surface area contributed by atoms with Gasteiger partial charge in [0.15, 0.2) is 11.6 Å². The van der Waals surface area contributed by atoms with Gasteiger partial charge >= 0.3 is 0 Å². The van der Waals surface area contributed by atoms with E-state index in [-0.39, 0.29) is 28.6 Å². The first-order valence-corrected chi connectivity index (χ1v) is 7.24. The first-order valence-electron chi connectivity index (χ1n) is 7.24. The number of nitrogens with zero attached hydrogens (tertiary/aromatic N) is 2. The first-order chi connectivity index (χ1) is 11.3. The fourth-order valence-electron chi connectivity index (χ4n) is 2.80. The number of carbonyl (C=O) groups is 1. The molecular formula is C15H14F2N2O5. The molecule has 1 aromatic rings. The molecule has 1 aromatic carbocycles. The van der Waals surface area contributed by atoms with Crippen LogP contribution in [0.5, 0.6) is 5.75 Å². The van der Waals surface area contributed by atoms with E-state index >= 15 is 0 Å². The third-order valence-electron chi connectivity index (χ3n) is 4.04. The van der Waals surface area contributed by atoms with Gasteiger partial charge in [0.2, 0.25) is 11.6 Å². The van der Waals surface area contributed by atoms with Crippen LogP contribution in [0, 0.1) is 21.7 Å². The molecule has 1 fully saturated rings. The van der Waals surface area contributed by atoms with Crippen molar-refractivity contribution in [3.05, 3.63) is 45.2 Å². The summed E-state index contributed by atoms with van der Waals surface area (Å²) in [7, 11) is 1.17. The number of anilines is 1. The van der Waals surface area contributed by atoms with E-state index in [0.29, 0.717) is 0 Å². The molecule has 0 saturated heterocycles. The molecule has 1 heterocycles. The monoisotopic (exact) mass is 340 g/mol. The summed E-state index contributed by atoms with van der Waals surface area (Å²) in [5, 5.41) is 20.9. The van der Waals surface area contributed by atoms with Gasteiger partial charge < -0.3 is 14.7 Å². The zero-order chi connectivity index (χ0) is 17.6. The molecule has 24 heavy (non-hydrogen) atoms. The van der Waals surface area contributed by atoms with Crippen LogP contribution < -0.4 is 9.64 Å². The lowest BCUT2D eigenvalue weighted by molar-refractivity contribution is -0.467. The molecular weight excluding hydrogens is 326 g/mol. The number of nitro groups is 1. The Kier molecular flexibility index (Phi) is 3.96. The van der Waals surface area contributed by atoms with Crippen LogP contribution in [-0.2, 0) is 4.79 Å². The number of carbonyl (C=O) groups excluding carboxylic acids is 1. The predicted molar refractivity (Wildman–Crippen MR) is 78.3 cm³/mol. The van der Waals surface area contributed by atoms with Crippen LogP contribution in [0.1, 0.15) is 24.5 Å². The lowest BCUT2D eigenvalue weighted by Gasteiger charge is -2.33. The van der Waals surface area contributed by atoms with Crippen molar-refractivity contribution >= 4 is 11.5 Å². The SMILES string of the molecule is COc1c(F)c(F)cc2c1N(C1CC1)C=C(C(=O)C[N+](=O)[O-])C2O. The molecule has 0 radical (unpaired) electrons. The maximum absolute atomic E-state index is 14.0. The number of halogens is 2. The van der Waals surface area contributed by atoms with Gasteiger partial charge in [0.1, 0.15) is 6.10 Å². The predicted octanol–water partition coefficient (Wildman–Crippen LogP) is 1.72. The minimum Gasteiger partial charge on any atom is -0.491 e. The molecule has 0 bridgehead atoms. The van der Waals surface area contributed by atoms with Gasteiger partial charge in [-0.25, -0.2) is 4.39 Å². The van der Waals surface area contributed by atoms with Gasteiger partial charge in [0, 0.05) is 22.7 Å². The molecule has 7 nitrogen and oxygen atoms in total. The molecule has 3 rings (SSSR count).